The Kier molecular flexibility index (Phi) is 6.97. The average Bonchev–Trinajstić information content (AvgIpc) is 3.35. The Labute approximate surface area is 212 Å². The van der Waals surface area contributed by atoms with Gasteiger partial charge in [-0.2, -0.15) is 5.10 Å². The second-order valence-electron chi connectivity index (χ2n) is 9.04. The number of nitrogens with zero attached hydrogens (tertiary/aromatic N) is 3. The van der Waals surface area contributed by atoms with Crippen LogP contribution in [0.5, 0.6) is 5.88 Å². The highest BCUT2D eigenvalue weighted by atomic mass is 19.1. The second-order valence-corrected chi connectivity index (χ2v) is 9.04. The molecule has 11 heteroatoms. The van der Waals surface area contributed by atoms with Gasteiger partial charge >= 0.3 is 6.03 Å². The maximum Gasteiger partial charge on any atom is 0.319 e. The number of halogens is 1. The molecule has 5 rings (SSSR count). The molecule has 0 bridgehead atoms. The number of rotatable bonds is 8. The van der Waals surface area contributed by atoms with Gasteiger partial charge in [0.25, 0.3) is 0 Å². The quantitative estimate of drug-likeness (QED) is 0.248. The van der Waals surface area contributed by atoms with Crippen LogP contribution in [0.15, 0.2) is 42.7 Å². The highest BCUT2D eigenvalue weighted by Gasteiger charge is 2.29. The Hall–Kier alpha value is -4.09. The molecule has 1 fully saturated rings. The summed E-state index contributed by atoms with van der Waals surface area (Å²) in [6.07, 6.45) is 5.00. The molecule has 1 aromatic carbocycles. The van der Waals surface area contributed by atoms with Gasteiger partial charge in [-0.05, 0) is 67.8 Å². The fourth-order valence-corrected chi connectivity index (χ4v) is 4.49. The lowest BCUT2D eigenvalue weighted by Crippen LogP contribution is -2.52. The predicted molar refractivity (Wildman–Crippen MR) is 138 cm³/mol. The van der Waals surface area contributed by atoms with Crippen LogP contribution in [0, 0.1) is 12.7 Å². The number of hydrogen-bond acceptors (Lipinski definition) is 7. The topological polar surface area (TPSA) is 137 Å². The zero-order valence-corrected chi connectivity index (χ0v) is 20.5. The number of amides is 2. The summed E-state index contributed by atoms with van der Waals surface area (Å²) >= 11 is 0. The molecule has 1 saturated carbocycles. The van der Waals surface area contributed by atoms with Crippen LogP contribution >= 0.6 is 0 Å². The van der Waals surface area contributed by atoms with Crippen LogP contribution in [0.25, 0.3) is 33.4 Å². The number of aromatic nitrogens is 4. The largest absolute Gasteiger partial charge is 0.475 e. The third kappa shape index (κ3) is 5.23. The Morgan fingerprint density at radius 1 is 1.22 bits per heavy atom. The average molecular weight is 506 g/mol. The number of aliphatic hydroxyl groups excluding tert-OH is 1. The molecule has 1 aliphatic carbocycles. The van der Waals surface area contributed by atoms with Crippen molar-refractivity contribution in [1.82, 2.24) is 30.8 Å². The molecule has 0 aliphatic heterocycles. The monoisotopic (exact) mass is 505 g/mol. The fourth-order valence-electron chi connectivity index (χ4n) is 4.49. The SMILES string of the molecule is CNC1CC(NC(=O)Nc2cc(-c3cc(OCCO)nc(-c4ccnc5[nH]ncc45)c3)c(C)cc2F)C1. The van der Waals surface area contributed by atoms with Gasteiger partial charge in [-0.3, -0.25) is 5.10 Å². The second kappa shape index (κ2) is 10.5. The van der Waals surface area contributed by atoms with Crippen molar-refractivity contribution in [1.29, 1.82) is 0 Å². The number of aryl methyl sites for hydroxylation is 1. The molecule has 2 amide bonds. The molecule has 0 radical (unpaired) electrons. The van der Waals surface area contributed by atoms with Crippen LogP contribution in [-0.4, -0.2) is 63.6 Å². The maximum absolute atomic E-state index is 14.9. The highest BCUT2D eigenvalue weighted by Crippen LogP contribution is 2.35. The molecule has 192 valence electrons. The van der Waals surface area contributed by atoms with Crippen LogP contribution in [0.3, 0.4) is 0 Å². The number of pyridine rings is 2. The number of nitrogens with one attached hydrogen (secondary N) is 4. The number of H-pyrrole nitrogens is 1. The number of benzene rings is 1. The lowest BCUT2D eigenvalue weighted by atomic mass is 9.87. The van der Waals surface area contributed by atoms with Crippen molar-refractivity contribution < 1.29 is 19.0 Å². The molecule has 3 aromatic heterocycles. The molecular weight excluding hydrogens is 477 g/mol. The van der Waals surface area contributed by atoms with Crippen LogP contribution < -0.4 is 20.7 Å². The van der Waals surface area contributed by atoms with E-state index in [0.717, 1.165) is 23.8 Å². The van der Waals surface area contributed by atoms with E-state index in [1.807, 2.05) is 19.2 Å². The number of ether oxygens (including phenoxy) is 1. The number of aromatic amines is 1. The van der Waals surface area contributed by atoms with Crippen LogP contribution in [-0.2, 0) is 0 Å². The summed E-state index contributed by atoms with van der Waals surface area (Å²) in [4.78, 5) is 21.4. The Morgan fingerprint density at radius 3 is 2.84 bits per heavy atom. The van der Waals surface area contributed by atoms with Gasteiger partial charge in [0, 0.05) is 35.3 Å². The summed E-state index contributed by atoms with van der Waals surface area (Å²) in [7, 11) is 1.89. The van der Waals surface area contributed by atoms with Gasteiger partial charge in [-0.1, -0.05) is 0 Å². The number of hydrogen-bond donors (Lipinski definition) is 5. The molecule has 0 saturated heterocycles. The lowest BCUT2D eigenvalue weighted by molar-refractivity contribution is 0.197. The van der Waals surface area contributed by atoms with Gasteiger partial charge in [0.15, 0.2) is 5.65 Å². The minimum absolute atomic E-state index is 0.0551. The third-order valence-electron chi connectivity index (χ3n) is 6.53. The van der Waals surface area contributed by atoms with E-state index in [1.165, 1.54) is 6.07 Å². The van der Waals surface area contributed by atoms with E-state index in [0.29, 0.717) is 40.0 Å². The van der Waals surface area contributed by atoms with Crippen LogP contribution in [0.2, 0.25) is 0 Å². The maximum atomic E-state index is 14.9. The van der Waals surface area contributed by atoms with Crippen molar-refractivity contribution in [3.05, 3.63) is 54.1 Å². The molecule has 0 spiro atoms. The number of anilines is 1. The highest BCUT2D eigenvalue weighted by molar-refractivity contribution is 5.93. The summed E-state index contributed by atoms with van der Waals surface area (Å²) < 4.78 is 20.5. The molecule has 10 nitrogen and oxygen atoms in total. The number of carbonyl (C=O) groups is 1. The molecule has 4 aromatic rings. The van der Waals surface area contributed by atoms with Gasteiger partial charge in [0.1, 0.15) is 12.4 Å². The zero-order chi connectivity index (χ0) is 25.9. The fraction of sp³-hybridized carbons (Fsp3) is 0.308. The van der Waals surface area contributed by atoms with Gasteiger partial charge < -0.3 is 25.8 Å². The molecule has 3 heterocycles. The van der Waals surface area contributed by atoms with Crippen LogP contribution in [0.4, 0.5) is 14.9 Å². The number of fused-ring (bicyclic) bond motifs is 1. The lowest BCUT2D eigenvalue weighted by Gasteiger charge is -2.35. The van der Waals surface area contributed by atoms with E-state index in [9.17, 15) is 14.3 Å². The molecule has 1 aliphatic rings. The summed E-state index contributed by atoms with van der Waals surface area (Å²) in [6, 6.07) is 8.41. The summed E-state index contributed by atoms with van der Waals surface area (Å²) in [6.45, 7) is 1.69. The Balaban J connectivity index is 1.49. The van der Waals surface area contributed by atoms with Gasteiger partial charge in [0.05, 0.1) is 24.2 Å². The summed E-state index contributed by atoms with van der Waals surface area (Å²) in [5.74, 6) is -0.228. The standard InChI is InChI=1S/C26H28FN7O3/c1-14-7-21(27)23(33-26(36)31-17-10-16(11-17)28-2)12-19(14)15-8-22(32-24(9-15)37-6-5-35)18-3-4-29-25-20(18)13-30-34-25/h3-4,7-9,12-13,16-17,28,35H,5-6,10-11H2,1-2H3,(H,29,30,34)(H2,31,33,36). The van der Waals surface area contributed by atoms with E-state index in [4.69, 9.17) is 4.74 Å². The van der Waals surface area contributed by atoms with Crippen molar-refractivity contribution in [2.45, 2.75) is 31.8 Å². The van der Waals surface area contributed by atoms with Crippen molar-refractivity contribution in [2.75, 3.05) is 25.6 Å². The predicted octanol–water partition coefficient (Wildman–Crippen LogP) is 3.38. The van der Waals surface area contributed by atoms with E-state index >= 15 is 0 Å². The third-order valence-corrected chi connectivity index (χ3v) is 6.53. The first-order chi connectivity index (χ1) is 17.9. The smallest absolute Gasteiger partial charge is 0.319 e. The molecule has 0 unspecified atom stereocenters. The van der Waals surface area contributed by atoms with Gasteiger partial charge in [-0.25, -0.2) is 19.2 Å². The Morgan fingerprint density at radius 2 is 2.05 bits per heavy atom. The molecule has 0 atom stereocenters. The Bertz CT molecular complexity index is 1440. The first kappa shape index (κ1) is 24.6. The summed E-state index contributed by atoms with van der Waals surface area (Å²) in [5, 5.41) is 25.7. The number of urea groups is 1. The van der Waals surface area contributed by atoms with E-state index in [2.05, 4.69) is 36.1 Å². The normalized spacial score (nSPS) is 16.9. The molecule has 5 N–H and O–H groups in total. The first-order valence-electron chi connectivity index (χ1n) is 12.0. The molecule has 37 heavy (non-hydrogen) atoms. The van der Waals surface area contributed by atoms with Crippen molar-refractivity contribution in [2.24, 2.45) is 0 Å². The van der Waals surface area contributed by atoms with Gasteiger partial charge in [0.2, 0.25) is 5.88 Å². The van der Waals surface area contributed by atoms with Gasteiger partial charge in [-0.15, -0.1) is 0 Å². The van der Waals surface area contributed by atoms with Crippen molar-refractivity contribution in [3.8, 4) is 28.3 Å². The van der Waals surface area contributed by atoms with Crippen molar-refractivity contribution in [3.63, 3.8) is 0 Å². The summed E-state index contributed by atoms with van der Waals surface area (Å²) in [5.41, 5.74) is 4.15. The van der Waals surface area contributed by atoms with E-state index in [1.54, 1.807) is 31.5 Å². The molecular formula is C26H28FN7O3. The minimum Gasteiger partial charge on any atom is -0.475 e. The minimum atomic E-state index is -0.529. The van der Waals surface area contributed by atoms with E-state index < -0.39 is 11.8 Å². The zero-order valence-electron chi connectivity index (χ0n) is 20.5. The number of carbonyl (C=O) groups excluding carboxylic acids is 1. The van der Waals surface area contributed by atoms with Crippen molar-refractivity contribution >= 4 is 22.8 Å². The van der Waals surface area contributed by atoms with Crippen LogP contribution in [0.1, 0.15) is 18.4 Å². The van der Waals surface area contributed by atoms with E-state index in [-0.39, 0.29) is 24.9 Å². The number of aliphatic hydroxyl groups is 1. The first-order valence-corrected chi connectivity index (χ1v) is 12.0.